The number of halogens is 2. The zero-order valence-electron chi connectivity index (χ0n) is 20.6. The van der Waals surface area contributed by atoms with Crippen LogP contribution >= 0.6 is 11.6 Å². The Morgan fingerprint density at radius 2 is 1.86 bits per heavy atom. The number of rotatable bonds is 12. The summed E-state index contributed by atoms with van der Waals surface area (Å²) >= 11 is 6.16. The van der Waals surface area contributed by atoms with Crippen LogP contribution in [0, 0.1) is 11.7 Å². The number of ether oxygens (including phenoxy) is 1. The maximum atomic E-state index is 14.7. The second-order valence-electron chi connectivity index (χ2n) is 9.21. The molecule has 3 rings (SSSR count). The fourth-order valence-corrected chi connectivity index (χ4v) is 4.91. The summed E-state index contributed by atoms with van der Waals surface area (Å²) in [5, 5.41) is 17.7. The van der Waals surface area contributed by atoms with Gasteiger partial charge in [-0.15, -0.1) is 0 Å². The fraction of sp³-hybridized carbons (Fsp3) is 0.481. The lowest BCUT2D eigenvalue weighted by molar-refractivity contribution is 0.0812. The zero-order chi connectivity index (χ0) is 25.9. The lowest BCUT2D eigenvalue weighted by atomic mass is 9.85. The van der Waals surface area contributed by atoms with Crippen molar-refractivity contribution < 1.29 is 23.8 Å². The van der Waals surface area contributed by atoms with Crippen LogP contribution in [0.1, 0.15) is 66.1 Å². The number of carbonyl (C=O) groups is 2. The van der Waals surface area contributed by atoms with Gasteiger partial charge in [-0.2, -0.15) is 0 Å². The standard InChI is InChI=1S/C27H35ClFN3O4/c1-30-22(14-18-6-3-2-4-7-18)17-32-26(33)23-16-20(10-11-24(23)29)25(36-13-12-31-27(34)35)19-8-5-9-21(28)15-19/h5,8-11,15-16,18,22,25,30-31H,2-4,6-7,12-14,17H2,1H3,(H,32,33)(H,34,35). The maximum absolute atomic E-state index is 14.7. The predicted octanol–water partition coefficient (Wildman–Crippen LogP) is 5.14. The topological polar surface area (TPSA) is 99.7 Å². The Balaban J connectivity index is 1.72. The third-order valence-corrected chi connectivity index (χ3v) is 6.85. The number of hydrogen-bond donors (Lipinski definition) is 4. The van der Waals surface area contributed by atoms with Gasteiger partial charge in [0.05, 0.1) is 12.2 Å². The van der Waals surface area contributed by atoms with Crippen LogP contribution < -0.4 is 16.0 Å². The number of hydrogen-bond acceptors (Lipinski definition) is 4. The van der Waals surface area contributed by atoms with E-state index in [-0.39, 0.29) is 24.8 Å². The molecule has 36 heavy (non-hydrogen) atoms. The van der Waals surface area contributed by atoms with E-state index in [2.05, 4.69) is 16.0 Å². The van der Waals surface area contributed by atoms with E-state index in [9.17, 15) is 14.0 Å². The summed E-state index contributed by atoms with van der Waals surface area (Å²) in [6.07, 6.45) is 5.41. The molecular formula is C27H35ClFN3O4. The van der Waals surface area contributed by atoms with Gasteiger partial charge in [0.25, 0.3) is 5.91 Å². The molecule has 7 nitrogen and oxygen atoms in total. The summed E-state index contributed by atoms with van der Waals surface area (Å²) in [6.45, 7) is 0.561. The van der Waals surface area contributed by atoms with Crippen LogP contribution in [0.4, 0.5) is 9.18 Å². The number of carbonyl (C=O) groups excluding carboxylic acids is 1. The molecule has 4 N–H and O–H groups in total. The van der Waals surface area contributed by atoms with E-state index in [0.29, 0.717) is 28.6 Å². The quantitative estimate of drug-likeness (QED) is 0.291. The summed E-state index contributed by atoms with van der Waals surface area (Å²) in [5.74, 6) is -0.461. The van der Waals surface area contributed by atoms with E-state index >= 15 is 0 Å². The van der Waals surface area contributed by atoms with Gasteiger partial charge in [0.15, 0.2) is 0 Å². The van der Waals surface area contributed by atoms with Gasteiger partial charge in [-0.05, 0) is 54.8 Å². The van der Waals surface area contributed by atoms with Gasteiger partial charge < -0.3 is 25.8 Å². The van der Waals surface area contributed by atoms with Gasteiger partial charge in [-0.3, -0.25) is 4.79 Å². The van der Waals surface area contributed by atoms with Gasteiger partial charge in [-0.25, -0.2) is 9.18 Å². The average molecular weight is 520 g/mol. The van der Waals surface area contributed by atoms with Crippen LogP contribution in [-0.4, -0.2) is 49.9 Å². The highest BCUT2D eigenvalue weighted by Crippen LogP contribution is 2.30. The molecule has 0 saturated heterocycles. The van der Waals surface area contributed by atoms with Crippen molar-refractivity contribution in [3.05, 3.63) is 70.0 Å². The molecule has 196 valence electrons. The molecule has 1 aliphatic carbocycles. The largest absolute Gasteiger partial charge is 0.465 e. The minimum Gasteiger partial charge on any atom is -0.465 e. The number of amides is 2. The van der Waals surface area contributed by atoms with E-state index in [4.69, 9.17) is 21.4 Å². The van der Waals surface area contributed by atoms with Crippen LogP contribution in [0.2, 0.25) is 5.02 Å². The van der Waals surface area contributed by atoms with Crippen molar-refractivity contribution in [1.29, 1.82) is 0 Å². The van der Waals surface area contributed by atoms with E-state index in [1.165, 1.54) is 44.2 Å². The van der Waals surface area contributed by atoms with E-state index in [1.807, 2.05) is 13.1 Å². The van der Waals surface area contributed by atoms with Crippen molar-refractivity contribution in [1.82, 2.24) is 16.0 Å². The van der Waals surface area contributed by atoms with Crippen molar-refractivity contribution >= 4 is 23.6 Å². The van der Waals surface area contributed by atoms with E-state index < -0.39 is 23.9 Å². The Hall–Kier alpha value is -2.68. The number of likely N-dealkylation sites (N-methyl/N-ethyl adjacent to an activating group) is 1. The Labute approximate surface area is 216 Å². The van der Waals surface area contributed by atoms with E-state index in [0.717, 1.165) is 6.42 Å². The third kappa shape index (κ3) is 8.47. The van der Waals surface area contributed by atoms with E-state index in [1.54, 1.807) is 24.3 Å². The van der Waals surface area contributed by atoms with Crippen molar-refractivity contribution in [2.24, 2.45) is 5.92 Å². The molecule has 1 fully saturated rings. The minimum atomic E-state index is -1.15. The monoisotopic (exact) mass is 519 g/mol. The summed E-state index contributed by atoms with van der Waals surface area (Å²) in [4.78, 5) is 23.7. The summed E-state index contributed by atoms with van der Waals surface area (Å²) < 4.78 is 20.7. The molecule has 2 atom stereocenters. The van der Waals surface area contributed by atoms with Crippen molar-refractivity contribution in [2.75, 3.05) is 26.7 Å². The van der Waals surface area contributed by atoms with Gasteiger partial charge in [0.2, 0.25) is 0 Å². The van der Waals surface area contributed by atoms with Crippen molar-refractivity contribution in [2.45, 2.75) is 50.7 Å². The highest BCUT2D eigenvalue weighted by atomic mass is 35.5. The summed E-state index contributed by atoms with van der Waals surface area (Å²) in [7, 11) is 1.88. The predicted molar refractivity (Wildman–Crippen MR) is 138 cm³/mol. The fourth-order valence-electron chi connectivity index (χ4n) is 4.71. The molecule has 0 heterocycles. The minimum absolute atomic E-state index is 0.0701. The van der Waals surface area contributed by atoms with Crippen molar-refractivity contribution in [3.8, 4) is 0 Å². The second kappa shape index (κ2) is 14.2. The second-order valence-corrected chi connectivity index (χ2v) is 9.65. The lowest BCUT2D eigenvalue weighted by Gasteiger charge is -2.26. The van der Waals surface area contributed by atoms with Crippen LogP contribution in [0.3, 0.4) is 0 Å². The molecule has 0 bridgehead atoms. The molecule has 9 heteroatoms. The van der Waals surface area contributed by atoms with Crippen LogP contribution in [0.5, 0.6) is 0 Å². The van der Waals surface area contributed by atoms with Crippen molar-refractivity contribution in [3.63, 3.8) is 0 Å². The lowest BCUT2D eigenvalue weighted by Crippen LogP contribution is -2.40. The SMILES string of the molecule is CNC(CNC(=O)c1cc(C(OCCNC(=O)O)c2cccc(Cl)c2)ccc1F)CC1CCCCC1. The van der Waals surface area contributed by atoms with Gasteiger partial charge in [0.1, 0.15) is 11.9 Å². The molecule has 0 aliphatic heterocycles. The molecule has 0 spiro atoms. The molecular weight excluding hydrogens is 485 g/mol. The molecule has 0 aromatic heterocycles. The number of nitrogens with one attached hydrogen (secondary N) is 3. The first kappa shape index (κ1) is 27.9. The Bertz CT molecular complexity index is 1020. The average Bonchev–Trinajstić information content (AvgIpc) is 2.87. The normalized spacial score (nSPS) is 15.8. The molecule has 2 amide bonds. The Morgan fingerprint density at radius 3 is 2.56 bits per heavy atom. The molecule has 2 aromatic carbocycles. The zero-order valence-corrected chi connectivity index (χ0v) is 21.3. The van der Waals surface area contributed by atoms with Crippen LogP contribution in [0.25, 0.3) is 0 Å². The smallest absolute Gasteiger partial charge is 0.404 e. The number of carboxylic acid groups (broad SMARTS) is 1. The van der Waals surface area contributed by atoms with Gasteiger partial charge >= 0.3 is 6.09 Å². The third-order valence-electron chi connectivity index (χ3n) is 6.61. The molecule has 1 saturated carbocycles. The highest BCUT2D eigenvalue weighted by Gasteiger charge is 2.22. The Kier molecular flexibility index (Phi) is 11.0. The first-order chi connectivity index (χ1) is 17.4. The molecule has 2 unspecified atom stereocenters. The summed E-state index contributed by atoms with van der Waals surface area (Å²) in [6, 6.07) is 11.4. The molecule has 1 aliphatic rings. The maximum Gasteiger partial charge on any atom is 0.404 e. The summed E-state index contributed by atoms with van der Waals surface area (Å²) in [5.41, 5.74) is 1.20. The Morgan fingerprint density at radius 1 is 1.11 bits per heavy atom. The van der Waals surface area contributed by atoms with Gasteiger partial charge in [-0.1, -0.05) is 61.9 Å². The number of benzene rings is 2. The molecule has 0 radical (unpaired) electrons. The highest BCUT2D eigenvalue weighted by molar-refractivity contribution is 6.30. The first-order valence-corrected chi connectivity index (χ1v) is 12.8. The first-order valence-electron chi connectivity index (χ1n) is 12.5. The van der Waals surface area contributed by atoms with Gasteiger partial charge in [0, 0.05) is 24.2 Å². The van der Waals surface area contributed by atoms with Crippen LogP contribution in [-0.2, 0) is 4.74 Å². The van der Waals surface area contributed by atoms with Crippen LogP contribution in [0.15, 0.2) is 42.5 Å². The molecule has 2 aromatic rings.